The molecule has 2 heterocycles. The van der Waals surface area contributed by atoms with Crippen LogP contribution in [0, 0.1) is 0 Å². The Morgan fingerprint density at radius 2 is 1.71 bits per heavy atom. The van der Waals surface area contributed by atoms with Crippen LogP contribution < -0.4 is 16.8 Å². The molecule has 0 saturated heterocycles. The average Bonchev–Trinajstić information content (AvgIpc) is 2.87. The fourth-order valence-electron chi connectivity index (χ4n) is 3.69. The largest absolute Gasteiger partial charge is 0.466 e. The van der Waals surface area contributed by atoms with E-state index in [9.17, 15) is 14.4 Å². The Balaban J connectivity index is 1.60. The third kappa shape index (κ3) is 7.80. The van der Waals surface area contributed by atoms with Crippen molar-refractivity contribution in [1.82, 2.24) is 30.2 Å². The van der Waals surface area contributed by atoms with Crippen molar-refractivity contribution in [3.8, 4) is 0 Å². The summed E-state index contributed by atoms with van der Waals surface area (Å²) in [6.45, 7) is 4.82. The highest BCUT2D eigenvalue weighted by molar-refractivity contribution is 5.96. The lowest BCUT2D eigenvalue weighted by molar-refractivity contribution is -0.146. The summed E-state index contributed by atoms with van der Waals surface area (Å²) in [4.78, 5) is 55.5. The van der Waals surface area contributed by atoms with E-state index in [-0.39, 0.29) is 37.8 Å². The zero-order valence-corrected chi connectivity index (χ0v) is 21.6. The van der Waals surface area contributed by atoms with Gasteiger partial charge in [-0.25, -0.2) is 14.8 Å². The second-order valence-corrected chi connectivity index (χ2v) is 8.49. The topological polar surface area (TPSA) is 189 Å². The first-order valence-corrected chi connectivity index (χ1v) is 12.1. The van der Waals surface area contributed by atoms with Crippen molar-refractivity contribution in [3.05, 3.63) is 47.3 Å². The number of hydrogen-bond acceptors (Lipinski definition) is 12. The molecule has 202 valence electrons. The summed E-state index contributed by atoms with van der Waals surface area (Å²) in [5.41, 5.74) is 14.2. The number of carbonyl (C=O) groups is 3. The number of nitrogens with zero attached hydrogens (tertiary/aromatic N) is 5. The lowest BCUT2D eigenvalue weighted by Gasteiger charge is -2.18. The van der Waals surface area contributed by atoms with Crippen LogP contribution in [0.1, 0.15) is 48.3 Å². The Morgan fingerprint density at radius 3 is 2.39 bits per heavy atom. The molecule has 0 aliphatic rings. The fourth-order valence-corrected chi connectivity index (χ4v) is 3.69. The summed E-state index contributed by atoms with van der Waals surface area (Å²) in [6, 6.07) is 6.03. The smallest absolute Gasteiger partial charge is 0.328 e. The second kappa shape index (κ2) is 13.2. The number of ether oxygens (including phenoxy) is 2. The highest BCUT2D eigenvalue weighted by atomic mass is 16.5. The number of carbonyl (C=O) groups excluding carboxylic acids is 3. The molecule has 1 atom stereocenters. The first-order valence-electron chi connectivity index (χ1n) is 12.1. The summed E-state index contributed by atoms with van der Waals surface area (Å²) in [6.07, 6.45) is 1.67. The summed E-state index contributed by atoms with van der Waals surface area (Å²) in [5.74, 6) is -1.28. The molecular formula is C25H32N8O5. The SMILES string of the molecule is CCOC(=O)CC[C@H](NC(=O)c1ccc(CN(C)Cc2cnc3nc(N)nc(N)c3n2)cc1)C(=O)OCC. The van der Waals surface area contributed by atoms with E-state index < -0.39 is 23.9 Å². The Hall–Kier alpha value is -4.39. The molecule has 3 aromatic rings. The Morgan fingerprint density at radius 1 is 1.00 bits per heavy atom. The number of fused-ring (bicyclic) bond motifs is 1. The molecule has 13 nitrogen and oxygen atoms in total. The molecule has 0 radical (unpaired) electrons. The van der Waals surface area contributed by atoms with E-state index in [2.05, 4.69) is 25.3 Å². The number of hydrogen-bond donors (Lipinski definition) is 3. The van der Waals surface area contributed by atoms with Crippen LogP contribution in [0.25, 0.3) is 11.2 Å². The van der Waals surface area contributed by atoms with Gasteiger partial charge in [-0.1, -0.05) is 12.1 Å². The molecule has 0 aliphatic heterocycles. The maximum Gasteiger partial charge on any atom is 0.328 e. The van der Waals surface area contributed by atoms with Crippen LogP contribution in [0.2, 0.25) is 0 Å². The molecule has 38 heavy (non-hydrogen) atoms. The van der Waals surface area contributed by atoms with Gasteiger partial charge in [0.15, 0.2) is 17.0 Å². The predicted molar refractivity (Wildman–Crippen MR) is 139 cm³/mol. The van der Waals surface area contributed by atoms with E-state index in [1.165, 1.54) is 0 Å². The van der Waals surface area contributed by atoms with Gasteiger partial charge in [-0.15, -0.1) is 0 Å². The van der Waals surface area contributed by atoms with Crippen LogP contribution in [0.15, 0.2) is 30.5 Å². The van der Waals surface area contributed by atoms with E-state index in [1.54, 1.807) is 32.2 Å². The predicted octanol–water partition coefficient (Wildman–Crippen LogP) is 1.22. The lowest BCUT2D eigenvalue weighted by atomic mass is 10.1. The molecule has 0 fully saturated rings. The molecule has 0 saturated carbocycles. The highest BCUT2D eigenvalue weighted by Gasteiger charge is 2.24. The van der Waals surface area contributed by atoms with Crippen molar-refractivity contribution < 1.29 is 23.9 Å². The van der Waals surface area contributed by atoms with E-state index in [0.29, 0.717) is 35.5 Å². The molecule has 0 bridgehead atoms. The quantitative estimate of drug-likeness (QED) is 0.288. The zero-order chi connectivity index (χ0) is 27.7. The number of rotatable bonds is 12. The highest BCUT2D eigenvalue weighted by Crippen LogP contribution is 2.16. The van der Waals surface area contributed by atoms with Gasteiger partial charge < -0.3 is 26.3 Å². The fraction of sp³-hybridized carbons (Fsp3) is 0.400. The van der Waals surface area contributed by atoms with Crippen LogP contribution in [0.4, 0.5) is 11.8 Å². The number of benzene rings is 1. The summed E-state index contributed by atoms with van der Waals surface area (Å²) in [5, 5.41) is 2.66. The van der Waals surface area contributed by atoms with Gasteiger partial charge in [0.25, 0.3) is 5.91 Å². The van der Waals surface area contributed by atoms with Gasteiger partial charge in [0.1, 0.15) is 6.04 Å². The second-order valence-electron chi connectivity index (χ2n) is 8.49. The maximum atomic E-state index is 12.8. The van der Waals surface area contributed by atoms with Crippen molar-refractivity contribution in [3.63, 3.8) is 0 Å². The number of nitrogens with one attached hydrogen (secondary N) is 1. The number of esters is 2. The molecular weight excluding hydrogens is 492 g/mol. The summed E-state index contributed by atoms with van der Waals surface area (Å²) >= 11 is 0. The van der Waals surface area contributed by atoms with E-state index in [0.717, 1.165) is 5.56 Å². The number of anilines is 2. The van der Waals surface area contributed by atoms with Crippen LogP contribution in [0.5, 0.6) is 0 Å². The van der Waals surface area contributed by atoms with Crippen LogP contribution >= 0.6 is 0 Å². The maximum absolute atomic E-state index is 12.8. The number of nitrogens with two attached hydrogens (primary N) is 2. The van der Waals surface area contributed by atoms with Gasteiger partial charge in [0.2, 0.25) is 5.95 Å². The zero-order valence-electron chi connectivity index (χ0n) is 21.6. The Kier molecular flexibility index (Phi) is 9.82. The van der Waals surface area contributed by atoms with Gasteiger partial charge >= 0.3 is 11.9 Å². The molecule has 1 amide bonds. The van der Waals surface area contributed by atoms with Gasteiger partial charge in [0.05, 0.1) is 25.1 Å². The monoisotopic (exact) mass is 524 g/mol. The molecule has 3 rings (SSSR count). The van der Waals surface area contributed by atoms with Crippen LogP contribution in [-0.2, 0) is 32.2 Å². The minimum atomic E-state index is -0.961. The van der Waals surface area contributed by atoms with E-state index >= 15 is 0 Å². The van der Waals surface area contributed by atoms with Crippen molar-refractivity contribution in [2.45, 2.75) is 45.8 Å². The Labute approximate surface area is 219 Å². The van der Waals surface area contributed by atoms with E-state index in [4.69, 9.17) is 20.9 Å². The van der Waals surface area contributed by atoms with Crippen molar-refractivity contribution in [1.29, 1.82) is 0 Å². The molecule has 2 aromatic heterocycles. The van der Waals surface area contributed by atoms with Crippen LogP contribution in [-0.4, -0.2) is 69.0 Å². The van der Waals surface area contributed by atoms with Crippen molar-refractivity contribution >= 4 is 40.8 Å². The minimum Gasteiger partial charge on any atom is -0.466 e. The third-order valence-electron chi connectivity index (χ3n) is 5.42. The van der Waals surface area contributed by atoms with Gasteiger partial charge in [-0.2, -0.15) is 9.97 Å². The average molecular weight is 525 g/mol. The molecule has 5 N–H and O–H groups in total. The number of amides is 1. The first kappa shape index (κ1) is 28.2. The number of aromatic nitrogens is 4. The third-order valence-corrected chi connectivity index (χ3v) is 5.42. The van der Waals surface area contributed by atoms with Gasteiger partial charge in [-0.3, -0.25) is 14.5 Å². The first-order chi connectivity index (χ1) is 18.2. The normalized spacial score (nSPS) is 11.8. The molecule has 0 spiro atoms. The van der Waals surface area contributed by atoms with Crippen molar-refractivity contribution in [2.75, 3.05) is 31.7 Å². The Bertz CT molecular complexity index is 1280. The molecule has 13 heteroatoms. The van der Waals surface area contributed by atoms with E-state index in [1.807, 2.05) is 24.1 Å². The van der Waals surface area contributed by atoms with Gasteiger partial charge in [0, 0.05) is 25.1 Å². The van der Waals surface area contributed by atoms with Crippen molar-refractivity contribution in [2.24, 2.45) is 0 Å². The van der Waals surface area contributed by atoms with Crippen LogP contribution in [0.3, 0.4) is 0 Å². The summed E-state index contributed by atoms with van der Waals surface area (Å²) in [7, 11) is 1.92. The molecule has 0 unspecified atom stereocenters. The molecule has 1 aromatic carbocycles. The molecule has 0 aliphatic carbocycles. The minimum absolute atomic E-state index is 0.0157. The lowest BCUT2D eigenvalue weighted by Crippen LogP contribution is -2.42. The standard InChI is InChI=1S/C25H32N8O5/c1-4-37-19(34)11-10-18(24(36)38-5-2)30-23(35)16-8-6-15(7-9-16)13-33(3)14-17-12-28-22-20(29-17)21(26)31-25(27)32-22/h6-9,12,18H,4-5,10-11,13-14H2,1-3H3,(H,30,35)(H4,26,27,28,31,32)/t18-/m0/s1. The number of nitrogen functional groups attached to an aromatic ring is 2. The van der Waals surface area contributed by atoms with Gasteiger partial charge in [-0.05, 0) is 45.0 Å². The summed E-state index contributed by atoms with van der Waals surface area (Å²) < 4.78 is 9.94.